The van der Waals surface area contributed by atoms with Gasteiger partial charge in [-0.1, -0.05) is 164 Å². The van der Waals surface area contributed by atoms with Crippen molar-refractivity contribution in [3.63, 3.8) is 0 Å². The first-order valence-corrected chi connectivity index (χ1v) is 20.9. The van der Waals surface area contributed by atoms with Crippen molar-refractivity contribution >= 4 is 26.0 Å². The summed E-state index contributed by atoms with van der Waals surface area (Å²) in [5.41, 5.74) is 3.68. The summed E-state index contributed by atoms with van der Waals surface area (Å²) >= 11 is 0. The molecule has 14 heteroatoms. The van der Waals surface area contributed by atoms with Crippen molar-refractivity contribution < 1.29 is 51.8 Å². The highest BCUT2D eigenvalue weighted by Crippen LogP contribution is 2.53. The predicted molar refractivity (Wildman–Crippen MR) is 230 cm³/mol. The Hall–Kier alpha value is -7.18. The van der Waals surface area contributed by atoms with Crippen molar-refractivity contribution in [3.8, 4) is 11.5 Å². The molecule has 318 valence electrons. The highest BCUT2D eigenvalue weighted by Gasteiger charge is 2.47. The van der Waals surface area contributed by atoms with Crippen LogP contribution in [-0.4, -0.2) is 33.8 Å². The van der Waals surface area contributed by atoms with E-state index < -0.39 is 37.9 Å². The van der Waals surface area contributed by atoms with Gasteiger partial charge in [0.05, 0.1) is 13.2 Å². The number of hydrogen-bond donors (Lipinski definition) is 2. The Morgan fingerprint density at radius 3 is 1.47 bits per heavy atom. The largest absolute Gasteiger partial charge is 0.530 e. The zero-order valence-electron chi connectivity index (χ0n) is 33.6. The second-order valence-corrected chi connectivity index (χ2v) is 15.4. The van der Waals surface area contributed by atoms with Gasteiger partial charge in [-0.05, 0) is 45.5 Å². The molecule has 1 atom stereocenters. The lowest BCUT2D eigenvalue weighted by Gasteiger charge is -2.37. The first-order valence-electron chi connectivity index (χ1n) is 19.5. The zero-order valence-corrected chi connectivity index (χ0v) is 34.5. The number of hydrazine groups is 1. The second-order valence-electron chi connectivity index (χ2n) is 13.8. The Bertz CT molecular complexity index is 2380. The molecular formula is C48H45N2O11P. The fourth-order valence-electron chi connectivity index (χ4n) is 6.00. The summed E-state index contributed by atoms with van der Waals surface area (Å²) < 4.78 is 49.5. The van der Waals surface area contributed by atoms with Crippen molar-refractivity contribution in [2.75, 3.05) is 0 Å². The maximum atomic E-state index is 14.5. The molecule has 0 saturated heterocycles. The monoisotopic (exact) mass is 856 g/mol. The van der Waals surface area contributed by atoms with Gasteiger partial charge in [0.15, 0.2) is 17.0 Å². The Morgan fingerprint density at radius 1 is 0.581 bits per heavy atom. The average Bonchev–Trinajstić information content (AvgIpc) is 3.31. The van der Waals surface area contributed by atoms with Gasteiger partial charge in [-0.3, -0.25) is 9.05 Å². The SMILES string of the molecule is C=C[C@](Cc1ccc(OP(=O)(OCc2ccccc2)OCc2ccccc2)c(OCc2ccccc2)c1)(C(=O)O)N(NC(=O)OCc1ccccc1)C(=O)OCc1ccccc1. The van der Waals surface area contributed by atoms with Crippen molar-refractivity contribution in [1.29, 1.82) is 0 Å². The Balaban J connectivity index is 1.33. The molecule has 62 heavy (non-hydrogen) atoms. The third-order valence-electron chi connectivity index (χ3n) is 9.30. The molecule has 0 aromatic heterocycles. The highest BCUT2D eigenvalue weighted by molar-refractivity contribution is 7.48. The van der Waals surface area contributed by atoms with Gasteiger partial charge in [-0.15, -0.1) is 6.58 Å². The number of hydrogen-bond acceptors (Lipinski definition) is 10. The van der Waals surface area contributed by atoms with E-state index in [2.05, 4.69) is 12.0 Å². The molecule has 2 amide bonds. The number of carbonyl (C=O) groups excluding carboxylic acids is 2. The summed E-state index contributed by atoms with van der Waals surface area (Å²) in [6.45, 7) is 3.17. The van der Waals surface area contributed by atoms with Gasteiger partial charge in [0.25, 0.3) is 0 Å². The molecule has 6 rings (SSSR count). The predicted octanol–water partition coefficient (Wildman–Crippen LogP) is 10.2. The second kappa shape index (κ2) is 21.9. The van der Waals surface area contributed by atoms with E-state index in [0.717, 1.165) is 22.8 Å². The summed E-state index contributed by atoms with van der Waals surface area (Å²) in [5.74, 6) is -1.57. The number of phosphoric acid groups is 1. The fraction of sp³-hybridized carbons (Fsp3) is 0.146. The van der Waals surface area contributed by atoms with Gasteiger partial charge >= 0.3 is 26.0 Å². The van der Waals surface area contributed by atoms with E-state index in [1.165, 1.54) is 18.2 Å². The number of nitrogens with one attached hydrogen (secondary N) is 1. The van der Waals surface area contributed by atoms with Gasteiger partial charge in [0, 0.05) is 6.42 Å². The lowest BCUT2D eigenvalue weighted by molar-refractivity contribution is -0.149. The van der Waals surface area contributed by atoms with Crippen molar-refractivity contribution in [2.45, 2.75) is 45.0 Å². The maximum Gasteiger partial charge on any atom is 0.530 e. The van der Waals surface area contributed by atoms with E-state index in [9.17, 15) is 24.1 Å². The van der Waals surface area contributed by atoms with Crippen molar-refractivity contribution in [2.24, 2.45) is 0 Å². The number of aliphatic carboxylic acids is 1. The van der Waals surface area contributed by atoms with Gasteiger partial charge in [0.1, 0.15) is 19.8 Å². The highest BCUT2D eigenvalue weighted by atomic mass is 31.2. The molecule has 0 aliphatic rings. The number of phosphoric ester groups is 1. The van der Waals surface area contributed by atoms with Crippen LogP contribution >= 0.6 is 7.82 Å². The van der Waals surface area contributed by atoms with Gasteiger partial charge in [0.2, 0.25) is 0 Å². The molecule has 0 radical (unpaired) electrons. The molecule has 0 spiro atoms. The van der Waals surface area contributed by atoms with Crippen LogP contribution in [0.15, 0.2) is 183 Å². The van der Waals surface area contributed by atoms with Gasteiger partial charge in [-0.2, -0.15) is 5.01 Å². The van der Waals surface area contributed by atoms with Crippen molar-refractivity contribution in [3.05, 3.63) is 216 Å². The number of amides is 2. The standard InChI is InChI=1S/C48H45N2O11P/c1-2-48(45(51)52,50(47(54)58-34-39-22-12-5-13-23-39)49-46(53)57-33-38-20-10-4-11-21-38)31-42-28-29-43(44(30-42)56-32-37-18-8-3-9-19-37)61-62(55,59-35-40-24-14-6-15-25-40)60-36-41-26-16-7-17-27-41/h2-30H,1,31-36H2,(H,49,53)(H,51,52)/t48-/m0/s1. The minimum Gasteiger partial charge on any atom is -0.485 e. The van der Waals surface area contributed by atoms with Gasteiger partial charge in [-0.25, -0.2) is 24.4 Å². The molecule has 0 saturated carbocycles. The van der Waals surface area contributed by atoms with Crippen LogP contribution in [0.1, 0.15) is 33.4 Å². The third kappa shape index (κ3) is 12.7. The number of carboxylic acids is 1. The van der Waals surface area contributed by atoms with E-state index in [0.29, 0.717) is 16.1 Å². The summed E-state index contributed by atoms with van der Waals surface area (Å²) in [7, 11) is -4.40. The molecule has 13 nitrogen and oxygen atoms in total. The maximum absolute atomic E-state index is 14.5. The molecule has 2 N–H and O–H groups in total. The van der Waals surface area contributed by atoms with E-state index >= 15 is 0 Å². The zero-order chi connectivity index (χ0) is 43.6. The molecule has 0 bridgehead atoms. The number of benzene rings is 6. The van der Waals surface area contributed by atoms with E-state index in [1.807, 2.05) is 66.7 Å². The Morgan fingerprint density at radius 2 is 1.02 bits per heavy atom. The Labute approximate surface area is 359 Å². The molecule has 6 aromatic carbocycles. The van der Waals surface area contributed by atoms with Crippen LogP contribution in [0.5, 0.6) is 11.5 Å². The van der Waals surface area contributed by atoms with E-state index in [-0.39, 0.29) is 50.1 Å². The number of carbonyl (C=O) groups is 3. The number of carboxylic acid groups (broad SMARTS) is 1. The number of nitrogens with zero attached hydrogens (tertiary/aromatic N) is 1. The smallest absolute Gasteiger partial charge is 0.485 e. The molecule has 0 aliphatic heterocycles. The Kier molecular flexibility index (Phi) is 15.7. The molecule has 6 aromatic rings. The number of rotatable bonds is 20. The quantitative estimate of drug-likeness (QED) is 0.0427. The van der Waals surface area contributed by atoms with E-state index in [1.54, 1.807) is 84.9 Å². The normalized spacial score (nSPS) is 11.9. The van der Waals surface area contributed by atoms with Crippen molar-refractivity contribution in [1.82, 2.24) is 10.4 Å². The fourth-order valence-corrected chi connectivity index (χ4v) is 7.19. The lowest BCUT2D eigenvalue weighted by Crippen LogP contribution is -2.64. The summed E-state index contributed by atoms with van der Waals surface area (Å²) in [5, 5.41) is 11.4. The van der Waals surface area contributed by atoms with Crippen LogP contribution in [0.3, 0.4) is 0 Å². The minimum absolute atomic E-state index is 0.0268. The molecule has 0 unspecified atom stereocenters. The van der Waals surface area contributed by atoms with Crippen LogP contribution in [0.2, 0.25) is 0 Å². The van der Waals surface area contributed by atoms with E-state index in [4.69, 9.17) is 27.8 Å². The number of ether oxygens (including phenoxy) is 3. The topological polar surface area (TPSA) is 159 Å². The van der Waals surface area contributed by atoms with Gasteiger partial charge < -0.3 is 23.8 Å². The molecule has 0 aliphatic carbocycles. The first-order chi connectivity index (χ1) is 30.1. The van der Waals surface area contributed by atoms with Crippen LogP contribution in [-0.2, 0) is 67.3 Å². The molecule has 0 fully saturated rings. The van der Waals surface area contributed by atoms with Crippen LogP contribution in [0, 0.1) is 0 Å². The summed E-state index contributed by atoms with van der Waals surface area (Å²) in [6.07, 6.45) is -1.82. The third-order valence-corrected chi connectivity index (χ3v) is 10.6. The lowest BCUT2D eigenvalue weighted by atomic mass is 9.90. The van der Waals surface area contributed by atoms with Crippen LogP contribution in [0.4, 0.5) is 9.59 Å². The molecule has 0 heterocycles. The molecular weight excluding hydrogens is 812 g/mol. The summed E-state index contributed by atoms with van der Waals surface area (Å²) in [6, 6.07) is 49.3. The minimum atomic E-state index is -4.40. The summed E-state index contributed by atoms with van der Waals surface area (Å²) in [4.78, 5) is 40.6. The first kappa shape index (κ1) is 44.4. The van der Waals surface area contributed by atoms with Crippen LogP contribution in [0.25, 0.3) is 0 Å². The average molecular weight is 857 g/mol. The van der Waals surface area contributed by atoms with Crippen LogP contribution < -0.4 is 14.7 Å².